The highest BCUT2D eigenvalue weighted by molar-refractivity contribution is 5.79. The molecule has 1 rings (SSSR count). The number of hydrogen-bond acceptors (Lipinski definition) is 7. The zero-order valence-electron chi connectivity index (χ0n) is 19.7. The van der Waals surface area contributed by atoms with Crippen LogP contribution in [0.3, 0.4) is 0 Å². The average Bonchev–Trinajstić information content (AvgIpc) is 2.80. The van der Waals surface area contributed by atoms with Crippen LogP contribution in [0.25, 0.3) is 0 Å². The van der Waals surface area contributed by atoms with Gasteiger partial charge in [0, 0.05) is 6.20 Å². The molecule has 1 N–H and O–H groups in total. The molecule has 1 aromatic rings. The molecule has 0 aliphatic rings. The summed E-state index contributed by atoms with van der Waals surface area (Å²) in [5.74, 6) is -0.186. The van der Waals surface area contributed by atoms with Crippen LogP contribution < -0.4 is 14.8 Å². The molecule has 1 amide bonds. The van der Waals surface area contributed by atoms with E-state index >= 15 is 0 Å². The third-order valence-electron chi connectivity index (χ3n) is 4.52. The Kier molecular flexibility index (Phi) is 15.4. The number of unbranched alkanes of at least 4 members (excludes halogenated alkanes) is 5. The molecule has 0 atom stereocenters. The van der Waals surface area contributed by atoms with Crippen molar-refractivity contribution in [1.82, 2.24) is 10.3 Å². The van der Waals surface area contributed by atoms with Gasteiger partial charge in [-0.2, -0.15) is 0 Å². The molecule has 0 unspecified atom stereocenters. The highest BCUT2D eigenvalue weighted by Crippen LogP contribution is 2.25. The van der Waals surface area contributed by atoms with Crippen LogP contribution in [0.15, 0.2) is 24.4 Å². The number of methoxy groups -OCH3 is 1. The summed E-state index contributed by atoms with van der Waals surface area (Å²) in [4.78, 5) is 27.8. The molecule has 0 aliphatic carbocycles. The number of ether oxygens (including phenoxy) is 4. The maximum atomic E-state index is 12.0. The van der Waals surface area contributed by atoms with Crippen molar-refractivity contribution in [2.45, 2.75) is 71.8 Å². The van der Waals surface area contributed by atoms with E-state index in [1.165, 1.54) is 26.4 Å². The van der Waals surface area contributed by atoms with Crippen molar-refractivity contribution in [2.75, 3.05) is 26.9 Å². The van der Waals surface area contributed by atoms with Gasteiger partial charge in [-0.1, -0.05) is 58.1 Å². The Hall–Kier alpha value is -2.61. The van der Waals surface area contributed by atoms with Crippen LogP contribution in [-0.2, 0) is 20.9 Å². The fourth-order valence-electron chi connectivity index (χ4n) is 2.79. The molecule has 8 nitrogen and oxygen atoms in total. The second-order valence-corrected chi connectivity index (χ2v) is 7.30. The predicted molar refractivity (Wildman–Crippen MR) is 123 cm³/mol. The lowest BCUT2D eigenvalue weighted by atomic mass is 10.1. The molecule has 0 radical (unpaired) electrons. The Labute approximate surface area is 191 Å². The number of amides is 1. The summed E-state index contributed by atoms with van der Waals surface area (Å²) in [6, 6.07) is 1.70. The summed E-state index contributed by atoms with van der Waals surface area (Å²) in [6.07, 6.45) is 13.4. The molecule has 0 aromatic carbocycles. The van der Waals surface area contributed by atoms with Crippen LogP contribution >= 0.6 is 0 Å². The Morgan fingerprint density at radius 3 is 2.59 bits per heavy atom. The third-order valence-corrected chi connectivity index (χ3v) is 4.52. The van der Waals surface area contributed by atoms with E-state index < -0.39 is 12.1 Å². The van der Waals surface area contributed by atoms with E-state index in [1.807, 2.05) is 0 Å². The average molecular weight is 451 g/mol. The van der Waals surface area contributed by atoms with E-state index in [0.717, 1.165) is 37.7 Å². The SMILES string of the molecule is CCC=CCCOCc1cnc(OC(=O)NCC(=O)OCCCCCCCC)c(OC)c1. The van der Waals surface area contributed by atoms with Gasteiger partial charge in [0.2, 0.25) is 0 Å². The Morgan fingerprint density at radius 2 is 1.84 bits per heavy atom. The van der Waals surface area contributed by atoms with Gasteiger partial charge in [0.15, 0.2) is 5.75 Å². The van der Waals surface area contributed by atoms with Gasteiger partial charge >= 0.3 is 12.1 Å². The molecule has 0 saturated carbocycles. The second-order valence-electron chi connectivity index (χ2n) is 7.30. The number of carbonyl (C=O) groups is 2. The fourth-order valence-corrected chi connectivity index (χ4v) is 2.79. The van der Waals surface area contributed by atoms with Gasteiger partial charge in [0.25, 0.3) is 5.88 Å². The molecule has 0 fully saturated rings. The van der Waals surface area contributed by atoms with Crippen LogP contribution in [-0.4, -0.2) is 43.9 Å². The number of carbonyl (C=O) groups excluding carboxylic acids is 2. The molecule has 0 aliphatic heterocycles. The van der Waals surface area contributed by atoms with Crippen molar-refractivity contribution in [1.29, 1.82) is 0 Å². The number of pyridine rings is 1. The minimum Gasteiger partial charge on any atom is -0.491 e. The Morgan fingerprint density at radius 1 is 1.06 bits per heavy atom. The highest BCUT2D eigenvalue weighted by atomic mass is 16.6. The van der Waals surface area contributed by atoms with Gasteiger partial charge < -0.3 is 24.3 Å². The lowest BCUT2D eigenvalue weighted by molar-refractivity contribution is -0.142. The molecular formula is C24H38N2O6. The largest absolute Gasteiger partial charge is 0.491 e. The van der Waals surface area contributed by atoms with Gasteiger partial charge in [-0.25, -0.2) is 9.78 Å². The van der Waals surface area contributed by atoms with Crippen molar-refractivity contribution < 1.29 is 28.5 Å². The molecule has 32 heavy (non-hydrogen) atoms. The Balaban J connectivity index is 2.31. The molecule has 0 spiro atoms. The summed E-state index contributed by atoms with van der Waals surface area (Å²) in [7, 11) is 1.46. The highest BCUT2D eigenvalue weighted by Gasteiger charge is 2.14. The quantitative estimate of drug-likeness (QED) is 0.204. The van der Waals surface area contributed by atoms with Crippen molar-refractivity contribution in [3.05, 3.63) is 30.0 Å². The predicted octanol–water partition coefficient (Wildman–Crippen LogP) is 4.96. The van der Waals surface area contributed by atoms with E-state index in [4.69, 9.17) is 18.9 Å². The van der Waals surface area contributed by atoms with Crippen molar-refractivity contribution in [2.24, 2.45) is 0 Å². The minimum atomic E-state index is -0.806. The second kappa shape index (κ2) is 18.0. The van der Waals surface area contributed by atoms with Crippen LogP contribution in [0.2, 0.25) is 0 Å². The lowest BCUT2D eigenvalue weighted by Crippen LogP contribution is -2.33. The first kappa shape index (κ1) is 27.4. The lowest BCUT2D eigenvalue weighted by Gasteiger charge is -2.11. The first-order chi connectivity index (χ1) is 15.6. The van der Waals surface area contributed by atoms with E-state index in [1.54, 1.807) is 12.3 Å². The monoisotopic (exact) mass is 450 g/mol. The normalized spacial score (nSPS) is 10.8. The summed E-state index contributed by atoms with van der Waals surface area (Å²) < 4.78 is 21.1. The van der Waals surface area contributed by atoms with Gasteiger partial charge in [0.05, 0.1) is 26.9 Å². The number of allylic oxidation sites excluding steroid dienone is 1. The fraction of sp³-hybridized carbons (Fsp3) is 0.625. The molecule has 1 heterocycles. The summed E-state index contributed by atoms with van der Waals surface area (Å²) in [5.41, 5.74) is 0.798. The van der Waals surface area contributed by atoms with Crippen LogP contribution in [0, 0.1) is 0 Å². The molecule has 0 bridgehead atoms. The Bertz CT molecular complexity index is 693. The first-order valence-corrected chi connectivity index (χ1v) is 11.5. The van der Waals surface area contributed by atoms with E-state index in [9.17, 15) is 9.59 Å². The third kappa shape index (κ3) is 12.9. The number of esters is 1. The summed E-state index contributed by atoms with van der Waals surface area (Å²) in [5, 5.41) is 2.36. The topological polar surface area (TPSA) is 96.0 Å². The van der Waals surface area contributed by atoms with Gasteiger partial charge in [0.1, 0.15) is 6.54 Å². The standard InChI is InChI=1S/C24H38N2O6/c1-4-6-8-10-11-13-15-31-22(27)18-26-24(28)32-23-21(29-3)16-20(17-25-23)19-30-14-12-9-7-5-2/h7,9,16-17H,4-6,8,10-15,18-19H2,1-3H3,(H,26,28). The minimum absolute atomic E-state index is 0.0140. The van der Waals surface area contributed by atoms with Crippen LogP contribution in [0.4, 0.5) is 4.79 Å². The van der Waals surface area contributed by atoms with E-state index in [2.05, 4.69) is 36.3 Å². The first-order valence-electron chi connectivity index (χ1n) is 11.5. The zero-order chi connectivity index (χ0) is 23.4. The summed E-state index contributed by atoms with van der Waals surface area (Å²) >= 11 is 0. The van der Waals surface area contributed by atoms with Gasteiger partial charge in [-0.15, -0.1) is 0 Å². The number of nitrogens with zero attached hydrogens (tertiary/aromatic N) is 1. The smallest absolute Gasteiger partial charge is 0.414 e. The molecule has 0 saturated heterocycles. The maximum Gasteiger partial charge on any atom is 0.414 e. The zero-order valence-corrected chi connectivity index (χ0v) is 19.7. The number of rotatable bonds is 17. The number of nitrogens with one attached hydrogen (secondary N) is 1. The molecular weight excluding hydrogens is 412 g/mol. The van der Waals surface area contributed by atoms with Gasteiger partial charge in [-0.3, -0.25) is 4.79 Å². The number of hydrogen-bond donors (Lipinski definition) is 1. The molecule has 8 heteroatoms. The van der Waals surface area contributed by atoms with Crippen molar-refractivity contribution in [3.8, 4) is 11.6 Å². The van der Waals surface area contributed by atoms with Gasteiger partial charge in [-0.05, 0) is 30.9 Å². The van der Waals surface area contributed by atoms with Crippen LogP contribution in [0.5, 0.6) is 11.6 Å². The number of aromatic nitrogens is 1. The van der Waals surface area contributed by atoms with Crippen LogP contribution in [0.1, 0.15) is 70.8 Å². The summed E-state index contributed by atoms with van der Waals surface area (Å²) in [6.45, 7) is 5.33. The van der Waals surface area contributed by atoms with E-state index in [-0.39, 0.29) is 12.4 Å². The van der Waals surface area contributed by atoms with Crippen molar-refractivity contribution in [3.63, 3.8) is 0 Å². The molecule has 1 aromatic heterocycles. The molecule has 180 valence electrons. The van der Waals surface area contributed by atoms with E-state index in [0.29, 0.717) is 25.6 Å². The maximum absolute atomic E-state index is 12.0. The van der Waals surface area contributed by atoms with Crippen molar-refractivity contribution >= 4 is 12.1 Å².